The quantitative estimate of drug-likeness (QED) is 0.106. The Morgan fingerprint density at radius 1 is 0.741 bits per heavy atom. The van der Waals surface area contributed by atoms with E-state index >= 15 is 0 Å². The van der Waals surface area contributed by atoms with Crippen LogP contribution in [0.1, 0.15) is 76.7 Å². The van der Waals surface area contributed by atoms with Gasteiger partial charge in [-0.15, -0.1) is 0 Å². The molecule has 292 valence electrons. The first-order valence-corrected chi connectivity index (χ1v) is 20.2. The summed E-state index contributed by atoms with van der Waals surface area (Å²) in [6.45, 7) is 10.7. The largest absolute Gasteiger partial charge is 0.492 e. The Bertz CT molecular complexity index is 1850. The standard InChI is InChI=1S/C42H52ClF3N4O4/c1-2-3-20-50-37-26-33(51-23-21-48-16-6-7-17-48)28-39(52-24-22-49-18-8-9-19-49)40(37)47-41(50)34-14-12-32(27-38(34)53-29-30-10-4-5-11-30)54-31-13-15-36(43)35(25-31)42(44,45)46/h12-15,25-28,30H,2-11,16-24,29H2,1H3. The number of benzene rings is 3. The SMILES string of the molecule is CCCCn1c(-c2ccc(Oc3ccc(Cl)c(C(F)(F)F)c3)cc2OCC2CCCC2)nc2c(OCCN3CCCC3)cc(OCCN3CCCC3)cc21. The Kier molecular flexibility index (Phi) is 12.8. The van der Waals surface area contributed by atoms with Gasteiger partial charge in [-0.1, -0.05) is 37.8 Å². The van der Waals surface area contributed by atoms with Crippen LogP contribution in [0.15, 0.2) is 48.5 Å². The summed E-state index contributed by atoms with van der Waals surface area (Å²) in [6, 6.07) is 13.0. The third-order valence-corrected chi connectivity index (χ3v) is 11.2. The topological polar surface area (TPSA) is 61.2 Å². The first-order valence-electron chi connectivity index (χ1n) is 19.8. The minimum atomic E-state index is -4.61. The average molecular weight is 769 g/mol. The molecular weight excluding hydrogens is 717 g/mol. The number of aromatic nitrogens is 2. The lowest BCUT2D eigenvalue weighted by atomic mass is 10.1. The van der Waals surface area contributed by atoms with Crippen LogP contribution in [0.5, 0.6) is 28.7 Å². The second-order valence-corrected chi connectivity index (χ2v) is 15.3. The zero-order valence-corrected chi connectivity index (χ0v) is 32.0. The van der Waals surface area contributed by atoms with E-state index in [4.69, 9.17) is 35.5 Å². The van der Waals surface area contributed by atoms with Crippen molar-refractivity contribution >= 4 is 22.6 Å². The van der Waals surface area contributed by atoms with Gasteiger partial charge in [0.1, 0.15) is 47.6 Å². The summed E-state index contributed by atoms with van der Waals surface area (Å²) in [5.41, 5.74) is 1.52. The molecule has 54 heavy (non-hydrogen) atoms. The van der Waals surface area contributed by atoms with E-state index in [1.807, 2.05) is 12.1 Å². The third kappa shape index (κ3) is 9.58. The molecule has 0 bridgehead atoms. The first kappa shape index (κ1) is 38.6. The fourth-order valence-electron chi connectivity index (χ4n) is 7.87. The molecule has 2 saturated heterocycles. The molecule has 0 amide bonds. The predicted octanol–water partition coefficient (Wildman–Crippen LogP) is 10.5. The lowest BCUT2D eigenvalue weighted by molar-refractivity contribution is -0.137. The normalized spacial score (nSPS) is 17.2. The van der Waals surface area contributed by atoms with E-state index in [9.17, 15) is 13.2 Å². The summed E-state index contributed by atoms with van der Waals surface area (Å²) < 4.78 is 68.8. The zero-order chi connectivity index (χ0) is 37.5. The van der Waals surface area contributed by atoms with Crippen LogP contribution in [0.25, 0.3) is 22.4 Å². The van der Waals surface area contributed by atoms with Crippen molar-refractivity contribution in [3.8, 4) is 40.1 Å². The minimum absolute atomic E-state index is 0.0318. The van der Waals surface area contributed by atoms with Crippen LogP contribution in [-0.4, -0.2) is 78.4 Å². The molecule has 12 heteroatoms. The van der Waals surface area contributed by atoms with Crippen LogP contribution in [0.3, 0.4) is 0 Å². The molecule has 3 aromatic carbocycles. The highest BCUT2D eigenvalue weighted by Crippen LogP contribution is 2.42. The van der Waals surface area contributed by atoms with Crippen molar-refractivity contribution in [1.82, 2.24) is 19.4 Å². The van der Waals surface area contributed by atoms with Crippen molar-refractivity contribution in [3.05, 3.63) is 59.1 Å². The van der Waals surface area contributed by atoms with Crippen LogP contribution in [0.2, 0.25) is 5.02 Å². The maximum absolute atomic E-state index is 13.7. The van der Waals surface area contributed by atoms with Gasteiger partial charge >= 0.3 is 6.18 Å². The van der Waals surface area contributed by atoms with E-state index in [-0.39, 0.29) is 10.8 Å². The second-order valence-electron chi connectivity index (χ2n) is 14.9. The number of hydrogen-bond acceptors (Lipinski definition) is 7. The lowest BCUT2D eigenvalue weighted by Crippen LogP contribution is -2.25. The first-order chi connectivity index (χ1) is 26.2. The molecule has 8 nitrogen and oxygen atoms in total. The smallest absolute Gasteiger partial charge is 0.417 e. The zero-order valence-electron chi connectivity index (χ0n) is 31.3. The second kappa shape index (κ2) is 17.9. The highest BCUT2D eigenvalue weighted by molar-refractivity contribution is 6.31. The van der Waals surface area contributed by atoms with E-state index in [2.05, 4.69) is 27.4 Å². The van der Waals surface area contributed by atoms with Crippen molar-refractivity contribution in [2.75, 3.05) is 59.1 Å². The highest BCUT2D eigenvalue weighted by atomic mass is 35.5. The molecular formula is C42H52ClF3N4O4. The highest BCUT2D eigenvalue weighted by Gasteiger charge is 2.34. The molecule has 3 aliphatic rings. The molecule has 0 N–H and O–H groups in total. The molecule has 7 rings (SSSR count). The molecule has 2 aliphatic heterocycles. The van der Waals surface area contributed by atoms with Gasteiger partial charge in [0, 0.05) is 37.8 Å². The number of rotatable bonds is 17. The molecule has 1 saturated carbocycles. The number of halogens is 4. The van der Waals surface area contributed by atoms with Gasteiger partial charge in [0.2, 0.25) is 0 Å². The Hall–Kier alpha value is -3.67. The third-order valence-electron chi connectivity index (χ3n) is 10.9. The predicted molar refractivity (Wildman–Crippen MR) is 206 cm³/mol. The summed E-state index contributed by atoms with van der Waals surface area (Å²) >= 11 is 5.89. The molecule has 1 aromatic heterocycles. The van der Waals surface area contributed by atoms with Gasteiger partial charge in [0.05, 0.1) is 28.3 Å². The minimum Gasteiger partial charge on any atom is -0.492 e. The fourth-order valence-corrected chi connectivity index (χ4v) is 8.10. The van der Waals surface area contributed by atoms with Gasteiger partial charge in [0.15, 0.2) is 5.75 Å². The Balaban J connectivity index is 1.25. The van der Waals surface area contributed by atoms with Crippen molar-refractivity contribution in [3.63, 3.8) is 0 Å². The van der Waals surface area contributed by atoms with Gasteiger partial charge < -0.3 is 23.5 Å². The Morgan fingerprint density at radius 3 is 2.07 bits per heavy atom. The van der Waals surface area contributed by atoms with Gasteiger partial charge in [-0.2, -0.15) is 13.2 Å². The van der Waals surface area contributed by atoms with E-state index < -0.39 is 11.7 Å². The van der Waals surface area contributed by atoms with Gasteiger partial charge in [-0.3, -0.25) is 9.80 Å². The summed E-state index contributed by atoms with van der Waals surface area (Å²) in [4.78, 5) is 10.2. The number of unbranched alkanes of at least 4 members (excludes halogenated alkanes) is 1. The number of fused-ring (bicyclic) bond motifs is 1. The van der Waals surface area contributed by atoms with Gasteiger partial charge in [0.25, 0.3) is 0 Å². The van der Waals surface area contributed by atoms with E-state index in [1.54, 1.807) is 12.1 Å². The summed E-state index contributed by atoms with van der Waals surface area (Å²) in [5.74, 6) is 3.56. The number of alkyl halides is 3. The van der Waals surface area contributed by atoms with Crippen LogP contribution in [0, 0.1) is 5.92 Å². The van der Waals surface area contributed by atoms with E-state index in [1.165, 1.54) is 50.7 Å². The van der Waals surface area contributed by atoms with Crippen molar-refractivity contribution in [1.29, 1.82) is 0 Å². The number of imidazole rings is 1. The Labute approximate surface area is 321 Å². The molecule has 3 heterocycles. The molecule has 0 spiro atoms. The number of likely N-dealkylation sites (tertiary alicyclic amines) is 2. The fraction of sp³-hybridized carbons (Fsp3) is 0.548. The number of nitrogens with zero attached hydrogens (tertiary/aromatic N) is 4. The maximum atomic E-state index is 13.7. The number of hydrogen-bond donors (Lipinski definition) is 0. The number of ether oxygens (including phenoxy) is 4. The molecule has 4 aromatic rings. The van der Waals surface area contributed by atoms with Crippen LogP contribution in [-0.2, 0) is 12.7 Å². The summed E-state index contributed by atoms with van der Waals surface area (Å²) in [5, 5.41) is -0.378. The van der Waals surface area contributed by atoms with Crippen LogP contribution >= 0.6 is 11.6 Å². The molecule has 1 aliphatic carbocycles. The van der Waals surface area contributed by atoms with Gasteiger partial charge in [-0.25, -0.2) is 4.98 Å². The molecule has 0 radical (unpaired) electrons. The molecule has 3 fully saturated rings. The lowest BCUT2D eigenvalue weighted by Gasteiger charge is -2.18. The van der Waals surface area contributed by atoms with Crippen LogP contribution in [0.4, 0.5) is 13.2 Å². The van der Waals surface area contributed by atoms with Crippen molar-refractivity contribution < 1.29 is 32.1 Å². The van der Waals surface area contributed by atoms with Gasteiger partial charge in [-0.05, 0) is 107 Å². The van der Waals surface area contributed by atoms with Crippen LogP contribution < -0.4 is 18.9 Å². The molecule has 0 unspecified atom stereocenters. The monoisotopic (exact) mass is 768 g/mol. The summed E-state index contributed by atoms with van der Waals surface area (Å²) in [7, 11) is 0. The Morgan fingerprint density at radius 2 is 1.39 bits per heavy atom. The molecule has 0 atom stereocenters. The van der Waals surface area contributed by atoms with E-state index in [0.717, 1.165) is 106 Å². The number of aryl methyl sites for hydroxylation is 1. The summed E-state index contributed by atoms with van der Waals surface area (Å²) in [6.07, 6.45) is 6.79. The maximum Gasteiger partial charge on any atom is 0.417 e. The van der Waals surface area contributed by atoms with Crippen molar-refractivity contribution in [2.24, 2.45) is 5.92 Å². The van der Waals surface area contributed by atoms with E-state index in [0.29, 0.717) is 43.0 Å². The average Bonchev–Trinajstić information content (AvgIpc) is 4.00. The van der Waals surface area contributed by atoms with Crippen molar-refractivity contribution in [2.45, 2.75) is 83.9 Å².